The Bertz CT molecular complexity index is 480. The predicted octanol–water partition coefficient (Wildman–Crippen LogP) is 1.16. The summed E-state index contributed by atoms with van der Waals surface area (Å²) >= 11 is 0. The van der Waals surface area contributed by atoms with Gasteiger partial charge in [0.1, 0.15) is 5.82 Å². The van der Waals surface area contributed by atoms with E-state index >= 15 is 0 Å². The average Bonchev–Trinajstić information content (AvgIpc) is 2.86. The Labute approximate surface area is 119 Å². The standard InChI is InChI=1S/C14H23N5O/c1-2-4-11-17-12(19-18-11)13(20)16-10-5-8-15-14(9-10)6-3-7-14/h10,15H,2-9H2,1H3,(H,16,20)(H,17,18,19). The van der Waals surface area contributed by atoms with Gasteiger partial charge in [-0.2, -0.15) is 0 Å². The number of hydrogen-bond donors (Lipinski definition) is 3. The van der Waals surface area contributed by atoms with Crippen molar-refractivity contribution in [2.24, 2.45) is 0 Å². The number of aromatic amines is 1. The fraction of sp³-hybridized carbons (Fsp3) is 0.786. The number of nitrogens with one attached hydrogen (secondary N) is 3. The number of rotatable bonds is 4. The lowest BCUT2D eigenvalue weighted by Crippen LogP contribution is -2.59. The van der Waals surface area contributed by atoms with Gasteiger partial charge in [-0.05, 0) is 45.1 Å². The Hall–Kier alpha value is -1.43. The smallest absolute Gasteiger partial charge is 0.291 e. The molecule has 1 unspecified atom stereocenters. The third-order valence-electron chi connectivity index (χ3n) is 4.50. The predicted molar refractivity (Wildman–Crippen MR) is 75.5 cm³/mol. The zero-order valence-corrected chi connectivity index (χ0v) is 12.0. The highest BCUT2D eigenvalue weighted by Crippen LogP contribution is 2.38. The van der Waals surface area contributed by atoms with Crippen LogP contribution in [-0.4, -0.2) is 39.2 Å². The van der Waals surface area contributed by atoms with Crippen LogP contribution in [0.3, 0.4) is 0 Å². The maximum Gasteiger partial charge on any atom is 0.291 e. The summed E-state index contributed by atoms with van der Waals surface area (Å²) in [6, 6.07) is 0.247. The fourth-order valence-corrected chi connectivity index (χ4v) is 3.26. The van der Waals surface area contributed by atoms with Gasteiger partial charge in [0.25, 0.3) is 5.91 Å². The molecule has 1 aliphatic heterocycles. The molecule has 2 heterocycles. The highest BCUT2D eigenvalue weighted by Gasteiger charge is 2.41. The summed E-state index contributed by atoms with van der Waals surface area (Å²) in [5, 5.41) is 13.5. The summed E-state index contributed by atoms with van der Waals surface area (Å²) < 4.78 is 0. The molecule has 3 N–H and O–H groups in total. The van der Waals surface area contributed by atoms with E-state index in [-0.39, 0.29) is 17.8 Å². The normalized spacial score (nSPS) is 24.4. The van der Waals surface area contributed by atoms with Crippen LogP contribution in [-0.2, 0) is 6.42 Å². The van der Waals surface area contributed by atoms with Gasteiger partial charge >= 0.3 is 0 Å². The van der Waals surface area contributed by atoms with Crippen molar-refractivity contribution in [2.75, 3.05) is 6.54 Å². The number of amides is 1. The number of carbonyl (C=O) groups excluding carboxylic acids is 1. The van der Waals surface area contributed by atoms with Crippen LogP contribution in [0.1, 0.15) is 61.9 Å². The van der Waals surface area contributed by atoms with Crippen molar-refractivity contribution in [2.45, 2.75) is 63.5 Å². The minimum absolute atomic E-state index is 0.148. The molecule has 2 aliphatic rings. The van der Waals surface area contributed by atoms with Gasteiger partial charge in [0, 0.05) is 18.0 Å². The first kappa shape index (κ1) is 13.5. The lowest BCUT2D eigenvalue weighted by Gasteiger charge is -2.48. The molecule has 110 valence electrons. The fourth-order valence-electron chi connectivity index (χ4n) is 3.26. The van der Waals surface area contributed by atoms with Crippen LogP contribution in [0.2, 0.25) is 0 Å². The molecule has 6 nitrogen and oxygen atoms in total. The van der Waals surface area contributed by atoms with Crippen molar-refractivity contribution in [1.29, 1.82) is 0 Å². The number of piperidine rings is 1. The summed E-state index contributed by atoms with van der Waals surface area (Å²) in [6.07, 6.45) is 7.62. The molecule has 0 bridgehead atoms. The molecular formula is C14H23N5O. The molecular weight excluding hydrogens is 254 g/mol. The maximum absolute atomic E-state index is 12.2. The van der Waals surface area contributed by atoms with E-state index in [1.165, 1.54) is 19.3 Å². The molecule has 0 aromatic carbocycles. The molecule has 1 aliphatic carbocycles. The van der Waals surface area contributed by atoms with Crippen LogP contribution >= 0.6 is 0 Å². The van der Waals surface area contributed by atoms with E-state index in [1.807, 2.05) is 0 Å². The largest absolute Gasteiger partial charge is 0.346 e. The number of carbonyl (C=O) groups is 1. The van der Waals surface area contributed by atoms with Crippen molar-refractivity contribution >= 4 is 5.91 Å². The molecule has 1 spiro atoms. The molecule has 3 rings (SSSR count). The number of H-pyrrole nitrogens is 1. The molecule has 1 aromatic rings. The van der Waals surface area contributed by atoms with E-state index in [9.17, 15) is 4.79 Å². The zero-order chi connectivity index (χ0) is 14.0. The Kier molecular flexibility index (Phi) is 3.74. The Balaban J connectivity index is 1.57. The number of nitrogens with zero attached hydrogens (tertiary/aromatic N) is 2. The Morgan fingerprint density at radius 2 is 2.35 bits per heavy atom. The molecule has 1 saturated heterocycles. The first-order chi connectivity index (χ1) is 9.71. The first-order valence-electron chi connectivity index (χ1n) is 7.68. The third kappa shape index (κ3) is 2.70. The van der Waals surface area contributed by atoms with Crippen LogP contribution in [0.4, 0.5) is 0 Å². The minimum atomic E-state index is -0.148. The van der Waals surface area contributed by atoms with Gasteiger partial charge in [-0.3, -0.25) is 9.89 Å². The minimum Gasteiger partial charge on any atom is -0.346 e. The van der Waals surface area contributed by atoms with Gasteiger partial charge < -0.3 is 10.6 Å². The maximum atomic E-state index is 12.2. The summed E-state index contributed by atoms with van der Waals surface area (Å²) in [5.41, 5.74) is 0.294. The second kappa shape index (κ2) is 5.52. The highest BCUT2D eigenvalue weighted by atomic mass is 16.2. The van der Waals surface area contributed by atoms with E-state index in [1.54, 1.807) is 0 Å². The van der Waals surface area contributed by atoms with E-state index in [4.69, 9.17) is 0 Å². The molecule has 1 aromatic heterocycles. The van der Waals surface area contributed by atoms with Crippen molar-refractivity contribution in [3.8, 4) is 0 Å². The summed E-state index contributed by atoms with van der Waals surface area (Å²) in [6.45, 7) is 3.06. The summed E-state index contributed by atoms with van der Waals surface area (Å²) in [7, 11) is 0. The van der Waals surface area contributed by atoms with Gasteiger partial charge in [-0.15, -0.1) is 5.10 Å². The lowest BCUT2D eigenvalue weighted by molar-refractivity contribution is 0.0844. The zero-order valence-electron chi connectivity index (χ0n) is 12.0. The van der Waals surface area contributed by atoms with Crippen molar-refractivity contribution in [3.63, 3.8) is 0 Å². The summed E-state index contributed by atoms with van der Waals surface area (Å²) in [5.74, 6) is 0.915. The first-order valence-corrected chi connectivity index (χ1v) is 7.68. The summed E-state index contributed by atoms with van der Waals surface area (Å²) in [4.78, 5) is 16.4. The number of aryl methyl sites for hydroxylation is 1. The van der Waals surface area contributed by atoms with Gasteiger partial charge in [0.15, 0.2) is 0 Å². The van der Waals surface area contributed by atoms with Crippen LogP contribution in [0.15, 0.2) is 0 Å². The number of hydrogen-bond acceptors (Lipinski definition) is 4. The van der Waals surface area contributed by atoms with Crippen molar-refractivity contribution in [1.82, 2.24) is 25.8 Å². The molecule has 6 heteroatoms. The van der Waals surface area contributed by atoms with Crippen LogP contribution in [0.25, 0.3) is 0 Å². The van der Waals surface area contributed by atoms with Crippen molar-refractivity contribution in [3.05, 3.63) is 11.6 Å². The third-order valence-corrected chi connectivity index (χ3v) is 4.50. The van der Waals surface area contributed by atoms with E-state index in [0.717, 1.165) is 38.1 Å². The quantitative estimate of drug-likeness (QED) is 0.771. The Morgan fingerprint density at radius 1 is 1.50 bits per heavy atom. The second-order valence-corrected chi connectivity index (χ2v) is 6.08. The molecule has 1 atom stereocenters. The van der Waals surface area contributed by atoms with Gasteiger partial charge in [-0.25, -0.2) is 4.98 Å². The van der Waals surface area contributed by atoms with Gasteiger partial charge in [-0.1, -0.05) is 6.92 Å². The Morgan fingerprint density at radius 3 is 3.05 bits per heavy atom. The molecule has 1 saturated carbocycles. The molecule has 2 fully saturated rings. The van der Waals surface area contributed by atoms with Crippen LogP contribution < -0.4 is 10.6 Å². The second-order valence-electron chi connectivity index (χ2n) is 6.08. The number of aromatic nitrogens is 3. The topological polar surface area (TPSA) is 82.7 Å². The van der Waals surface area contributed by atoms with Gasteiger partial charge in [0.05, 0.1) is 0 Å². The van der Waals surface area contributed by atoms with E-state index < -0.39 is 0 Å². The van der Waals surface area contributed by atoms with Gasteiger partial charge in [0.2, 0.25) is 5.82 Å². The van der Waals surface area contributed by atoms with Crippen molar-refractivity contribution < 1.29 is 4.79 Å². The SMILES string of the molecule is CCCc1nc(C(=O)NC2CCNC3(CCC3)C2)n[nH]1. The van der Waals surface area contributed by atoms with Crippen LogP contribution in [0, 0.1) is 0 Å². The van der Waals surface area contributed by atoms with E-state index in [2.05, 4.69) is 32.7 Å². The molecule has 0 radical (unpaired) electrons. The molecule has 1 amide bonds. The lowest BCUT2D eigenvalue weighted by atomic mass is 9.70. The molecule has 20 heavy (non-hydrogen) atoms. The van der Waals surface area contributed by atoms with Crippen LogP contribution in [0.5, 0.6) is 0 Å². The average molecular weight is 277 g/mol. The highest BCUT2D eigenvalue weighted by molar-refractivity contribution is 5.90. The van der Waals surface area contributed by atoms with E-state index in [0.29, 0.717) is 5.54 Å². The monoisotopic (exact) mass is 277 g/mol.